The van der Waals surface area contributed by atoms with Gasteiger partial charge in [-0.05, 0) is 61.1 Å². The average molecular weight is 635 g/mol. The van der Waals surface area contributed by atoms with E-state index in [2.05, 4.69) is 34.9 Å². The van der Waals surface area contributed by atoms with Crippen LogP contribution in [0.4, 0.5) is 5.69 Å². The minimum Gasteiger partial charge on any atom is -0.494 e. The first-order valence-electron chi connectivity index (χ1n) is 16.6. The second-order valence-corrected chi connectivity index (χ2v) is 11.6. The highest BCUT2D eigenvalue weighted by molar-refractivity contribution is 6.12. The number of ketones is 1. The van der Waals surface area contributed by atoms with E-state index in [-0.39, 0.29) is 11.7 Å². The van der Waals surface area contributed by atoms with Crippen molar-refractivity contribution in [3.05, 3.63) is 131 Å². The summed E-state index contributed by atoms with van der Waals surface area (Å²) in [4.78, 5) is 38.1. The van der Waals surface area contributed by atoms with E-state index >= 15 is 0 Å². The van der Waals surface area contributed by atoms with Gasteiger partial charge in [-0.3, -0.25) is 9.59 Å². The molecule has 0 unspecified atom stereocenters. The van der Waals surface area contributed by atoms with Crippen molar-refractivity contribution in [2.24, 2.45) is 0 Å². The van der Waals surface area contributed by atoms with Gasteiger partial charge in [-0.15, -0.1) is 0 Å². The third-order valence-corrected chi connectivity index (χ3v) is 8.01. The van der Waals surface area contributed by atoms with E-state index in [1.165, 1.54) is 25.5 Å². The molecule has 4 aromatic carbocycles. The zero-order valence-corrected chi connectivity index (χ0v) is 27.3. The van der Waals surface area contributed by atoms with E-state index < -0.39 is 12.0 Å². The van der Waals surface area contributed by atoms with Crippen molar-refractivity contribution in [2.45, 2.75) is 63.8 Å². The fourth-order valence-corrected chi connectivity index (χ4v) is 5.40. The molecule has 4 aromatic rings. The Morgan fingerprint density at radius 2 is 1.34 bits per heavy atom. The van der Waals surface area contributed by atoms with E-state index in [0.29, 0.717) is 55.0 Å². The molecule has 246 valence electrons. The molecule has 0 aromatic heterocycles. The Morgan fingerprint density at radius 3 is 2.09 bits per heavy atom. The van der Waals surface area contributed by atoms with Crippen molar-refractivity contribution in [1.82, 2.24) is 5.32 Å². The standard InChI is InChI=1S/C40H46N2O5/c1-46-40(45)37(42-36-22-14-13-21-35(36)39(44)33-19-10-6-11-20-33)30-32-24-26-34(27-25-32)47-29-15-28-41-38(43)23-12-4-2-3-7-16-31-17-8-5-9-18-31/h5-6,8-11,13-14,17-22,24-27,37,42H,2-4,7,12,15-16,23,28-30H2,1H3,(H,41,43)/t37-/m0/s1. The van der Waals surface area contributed by atoms with Gasteiger partial charge >= 0.3 is 5.97 Å². The van der Waals surface area contributed by atoms with Crippen LogP contribution < -0.4 is 15.4 Å². The maximum atomic E-state index is 13.2. The molecule has 0 spiro atoms. The number of methoxy groups -OCH3 is 1. The Balaban J connectivity index is 1.14. The molecule has 4 rings (SSSR count). The largest absolute Gasteiger partial charge is 0.494 e. The number of ether oxygens (including phenoxy) is 2. The van der Waals surface area contributed by atoms with E-state index in [1.807, 2.05) is 54.6 Å². The molecule has 0 bridgehead atoms. The molecule has 1 atom stereocenters. The Labute approximate surface area is 278 Å². The molecule has 0 saturated carbocycles. The number of aryl methyl sites for hydroxylation is 1. The highest BCUT2D eigenvalue weighted by Crippen LogP contribution is 2.22. The lowest BCUT2D eigenvalue weighted by molar-refractivity contribution is -0.141. The quantitative estimate of drug-likeness (QED) is 0.0592. The minimum absolute atomic E-state index is 0.0967. The number of carbonyl (C=O) groups excluding carboxylic acids is 3. The normalized spacial score (nSPS) is 11.3. The molecule has 0 fully saturated rings. The fourth-order valence-electron chi connectivity index (χ4n) is 5.40. The van der Waals surface area contributed by atoms with Crippen molar-refractivity contribution < 1.29 is 23.9 Å². The molecule has 0 saturated heterocycles. The monoisotopic (exact) mass is 634 g/mol. The van der Waals surface area contributed by atoms with E-state index in [9.17, 15) is 14.4 Å². The Hall–Kier alpha value is -4.91. The first-order chi connectivity index (χ1) is 23.0. The summed E-state index contributed by atoms with van der Waals surface area (Å²) in [5.41, 5.74) is 3.93. The second-order valence-electron chi connectivity index (χ2n) is 11.6. The van der Waals surface area contributed by atoms with Gasteiger partial charge in [0.05, 0.1) is 13.7 Å². The number of amides is 1. The lowest BCUT2D eigenvalue weighted by atomic mass is 10.00. The molecule has 0 aliphatic carbocycles. The van der Waals surface area contributed by atoms with E-state index in [1.54, 1.807) is 30.3 Å². The average Bonchev–Trinajstić information content (AvgIpc) is 3.12. The van der Waals surface area contributed by atoms with E-state index in [0.717, 1.165) is 31.2 Å². The lowest BCUT2D eigenvalue weighted by Gasteiger charge is -2.20. The minimum atomic E-state index is -0.695. The van der Waals surface area contributed by atoms with Crippen molar-refractivity contribution in [3.63, 3.8) is 0 Å². The highest BCUT2D eigenvalue weighted by atomic mass is 16.5. The van der Waals surface area contributed by atoms with Crippen molar-refractivity contribution in [3.8, 4) is 5.75 Å². The molecule has 1 amide bonds. The molecule has 0 aliphatic rings. The SMILES string of the molecule is COC(=O)[C@H](Cc1ccc(OCCCNC(=O)CCCCCCCc2ccccc2)cc1)Nc1ccccc1C(=O)c1ccccc1. The summed E-state index contributed by atoms with van der Waals surface area (Å²) in [7, 11) is 1.35. The van der Waals surface area contributed by atoms with Crippen LogP contribution in [0.2, 0.25) is 0 Å². The van der Waals surface area contributed by atoms with Crippen LogP contribution >= 0.6 is 0 Å². The Bertz CT molecular complexity index is 1520. The number of unbranched alkanes of at least 4 members (excludes halogenated alkanes) is 4. The smallest absolute Gasteiger partial charge is 0.328 e. The molecule has 7 heteroatoms. The van der Waals surface area contributed by atoms with Crippen LogP contribution in [0.1, 0.15) is 72.0 Å². The first-order valence-corrected chi connectivity index (χ1v) is 16.6. The summed E-state index contributed by atoms with van der Waals surface area (Å²) < 4.78 is 10.9. The second kappa shape index (κ2) is 19.6. The number of hydrogen-bond acceptors (Lipinski definition) is 6. The Morgan fingerprint density at radius 1 is 0.681 bits per heavy atom. The number of carbonyl (C=O) groups is 3. The molecule has 0 radical (unpaired) electrons. The summed E-state index contributed by atoms with van der Waals surface area (Å²) in [5, 5.41) is 6.23. The van der Waals surface area contributed by atoms with Gasteiger partial charge in [-0.25, -0.2) is 4.79 Å². The molecule has 0 heterocycles. The lowest BCUT2D eigenvalue weighted by Crippen LogP contribution is -2.33. The van der Waals surface area contributed by atoms with Crippen LogP contribution in [0.25, 0.3) is 0 Å². The van der Waals surface area contributed by atoms with Gasteiger partial charge in [0.25, 0.3) is 0 Å². The van der Waals surface area contributed by atoms with Gasteiger partial charge in [-0.2, -0.15) is 0 Å². The fraction of sp³-hybridized carbons (Fsp3) is 0.325. The van der Waals surface area contributed by atoms with Crippen molar-refractivity contribution in [1.29, 1.82) is 0 Å². The zero-order chi connectivity index (χ0) is 33.1. The van der Waals surface area contributed by atoms with Crippen LogP contribution in [0.15, 0.2) is 109 Å². The number of rotatable bonds is 20. The van der Waals surface area contributed by atoms with Crippen molar-refractivity contribution in [2.75, 3.05) is 25.6 Å². The predicted octanol–water partition coefficient (Wildman–Crippen LogP) is 7.58. The van der Waals surface area contributed by atoms with E-state index in [4.69, 9.17) is 9.47 Å². The third kappa shape index (κ3) is 12.1. The number of esters is 1. The maximum Gasteiger partial charge on any atom is 0.328 e. The van der Waals surface area contributed by atoms with Gasteiger partial charge in [0.15, 0.2) is 5.78 Å². The summed E-state index contributed by atoms with van der Waals surface area (Å²) in [6.07, 6.45) is 8.32. The van der Waals surface area contributed by atoms with Gasteiger partial charge in [0.1, 0.15) is 11.8 Å². The summed E-state index contributed by atoms with van der Waals surface area (Å²) in [5.74, 6) is 0.264. The maximum absolute atomic E-state index is 13.2. The molecular formula is C40H46N2O5. The number of hydrogen-bond donors (Lipinski definition) is 2. The molecule has 47 heavy (non-hydrogen) atoms. The number of benzene rings is 4. The molecular weight excluding hydrogens is 588 g/mol. The predicted molar refractivity (Wildman–Crippen MR) is 187 cm³/mol. The number of anilines is 1. The van der Waals surface area contributed by atoms with Gasteiger partial charge in [0.2, 0.25) is 5.91 Å². The number of para-hydroxylation sites is 1. The summed E-state index contributed by atoms with van der Waals surface area (Å²) in [6, 6.07) is 33.7. The van der Waals surface area contributed by atoms with Crippen LogP contribution in [0.5, 0.6) is 5.75 Å². The zero-order valence-electron chi connectivity index (χ0n) is 27.3. The van der Waals surface area contributed by atoms with Gasteiger partial charge in [-0.1, -0.05) is 104 Å². The first kappa shape index (κ1) is 35.0. The van der Waals surface area contributed by atoms with Crippen LogP contribution in [0.3, 0.4) is 0 Å². The van der Waals surface area contributed by atoms with Gasteiger partial charge in [0, 0.05) is 36.2 Å². The Kier molecular flexibility index (Phi) is 14.6. The van der Waals surface area contributed by atoms with Crippen LogP contribution in [-0.2, 0) is 27.2 Å². The topological polar surface area (TPSA) is 93.7 Å². The van der Waals surface area contributed by atoms with Crippen LogP contribution in [0, 0.1) is 0 Å². The highest BCUT2D eigenvalue weighted by Gasteiger charge is 2.22. The number of nitrogens with one attached hydrogen (secondary N) is 2. The third-order valence-electron chi connectivity index (χ3n) is 8.01. The summed E-state index contributed by atoms with van der Waals surface area (Å²) in [6.45, 7) is 1.06. The molecule has 0 aliphatic heterocycles. The van der Waals surface area contributed by atoms with Crippen LogP contribution in [-0.4, -0.2) is 44.0 Å². The van der Waals surface area contributed by atoms with Gasteiger partial charge < -0.3 is 20.1 Å². The molecule has 7 nitrogen and oxygen atoms in total. The molecule has 2 N–H and O–H groups in total. The van der Waals surface area contributed by atoms with Crippen molar-refractivity contribution >= 4 is 23.3 Å². The summed E-state index contributed by atoms with van der Waals surface area (Å²) >= 11 is 0.